The summed E-state index contributed by atoms with van der Waals surface area (Å²) in [5.74, 6) is 0.0666. The number of hydrogen-bond donors (Lipinski definition) is 0. The van der Waals surface area contributed by atoms with Gasteiger partial charge in [0.1, 0.15) is 0 Å². The highest BCUT2D eigenvalue weighted by Crippen LogP contribution is 2.46. The highest BCUT2D eigenvalue weighted by atomic mass is 32.1. The van der Waals surface area contributed by atoms with Gasteiger partial charge in [-0.25, -0.2) is 0 Å². The highest BCUT2D eigenvalue weighted by Gasteiger charge is 2.44. The summed E-state index contributed by atoms with van der Waals surface area (Å²) < 4.78 is 6.39. The Labute approximate surface area is 181 Å². The van der Waals surface area contributed by atoms with Crippen LogP contribution in [0.2, 0.25) is 0 Å². The zero-order valence-corrected chi connectivity index (χ0v) is 18.2. The lowest BCUT2D eigenvalue weighted by Gasteiger charge is -2.44. The number of thiophene rings is 1. The first-order chi connectivity index (χ1) is 14.6. The molecule has 1 aromatic heterocycles. The van der Waals surface area contributed by atoms with E-state index in [0.717, 1.165) is 25.9 Å². The lowest BCUT2D eigenvalue weighted by Crippen LogP contribution is -2.49. The molecule has 158 valence electrons. The second-order valence-electron chi connectivity index (χ2n) is 8.56. The van der Waals surface area contributed by atoms with Crippen molar-refractivity contribution < 1.29 is 14.3 Å². The molecule has 2 fully saturated rings. The van der Waals surface area contributed by atoms with Gasteiger partial charge in [-0.15, -0.1) is 11.3 Å². The second-order valence-corrected chi connectivity index (χ2v) is 9.70. The normalized spacial score (nSPS) is 23.1. The summed E-state index contributed by atoms with van der Waals surface area (Å²) in [6.07, 6.45) is 2.98. The summed E-state index contributed by atoms with van der Waals surface area (Å²) in [6, 6.07) is 12.9. The minimum Gasteiger partial charge on any atom is -0.370 e. The molecule has 1 aromatic carbocycles. The Hall–Kier alpha value is -2.18. The Balaban J connectivity index is 1.31. The molecule has 0 aliphatic carbocycles. The largest absolute Gasteiger partial charge is 0.370 e. The third kappa shape index (κ3) is 3.36. The monoisotopic (exact) mass is 424 g/mol. The number of carbonyl (C=O) groups excluding carboxylic acids is 2. The molecule has 5 rings (SSSR count). The second kappa shape index (κ2) is 7.82. The van der Waals surface area contributed by atoms with E-state index in [1.54, 1.807) is 4.90 Å². The van der Waals surface area contributed by atoms with E-state index >= 15 is 0 Å². The van der Waals surface area contributed by atoms with Gasteiger partial charge in [0.2, 0.25) is 11.8 Å². The van der Waals surface area contributed by atoms with E-state index in [-0.39, 0.29) is 23.3 Å². The number of hydrogen-bond acceptors (Lipinski definition) is 4. The smallest absolute Gasteiger partial charge is 0.227 e. The first-order valence-electron chi connectivity index (χ1n) is 11.0. The molecule has 0 saturated carbocycles. The Morgan fingerprint density at radius 1 is 1.23 bits per heavy atom. The predicted molar refractivity (Wildman–Crippen MR) is 117 cm³/mol. The van der Waals surface area contributed by atoms with Crippen molar-refractivity contribution in [3.8, 4) is 10.4 Å². The average Bonchev–Trinajstić information content (AvgIpc) is 3.39. The third-order valence-electron chi connectivity index (χ3n) is 6.89. The molecule has 5 nitrogen and oxygen atoms in total. The Bertz CT molecular complexity index is 947. The van der Waals surface area contributed by atoms with Gasteiger partial charge < -0.3 is 14.5 Å². The van der Waals surface area contributed by atoms with Crippen molar-refractivity contribution in [3.63, 3.8) is 0 Å². The Kier molecular flexibility index (Phi) is 5.15. The SMILES string of the molecule is CCN1CC(C(=O)N2CCC3(CC2)OCCc2sc(-c4ccccc4)cc23)CC1=O. The maximum Gasteiger partial charge on any atom is 0.227 e. The summed E-state index contributed by atoms with van der Waals surface area (Å²) in [5.41, 5.74) is 2.32. The van der Waals surface area contributed by atoms with Crippen LogP contribution in [0.3, 0.4) is 0 Å². The predicted octanol–water partition coefficient (Wildman–Crippen LogP) is 3.67. The van der Waals surface area contributed by atoms with Crippen LogP contribution in [-0.2, 0) is 26.3 Å². The van der Waals surface area contributed by atoms with Gasteiger partial charge in [-0.2, -0.15) is 0 Å². The van der Waals surface area contributed by atoms with Crippen LogP contribution in [0, 0.1) is 5.92 Å². The van der Waals surface area contributed by atoms with E-state index in [1.807, 2.05) is 29.2 Å². The van der Waals surface area contributed by atoms with Crippen LogP contribution in [0.4, 0.5) is 0 Å². The number of fused-ring (bicyclic) bond motifs is 2. The lowest BCUT2D eigenvalue weighted by atomic mass is 9.82. The number of piperidine rings is 1. The van der Waals surface area contributed by atoms with Crippen LogP contribution in [-0.4, -0.2) is 54.4 Å². The first kappa shape index (κ1) is 19.8. The van der Waals surface area contributed by atoms with Crippen LogP contribution in [0.25, 0.3) is 10.4 Å². The van der Waals surface area contributed by atoms with Crippen molar-refractivity contribution in [1.82, 2.24) is 9.80 Å². The molecular weight excluding hydrogens is 396 g/mol. The van der Waals surface area contributed by atoms with Crippen molar-refractivity contribution in [3.05, 3.63) is 46.8 Å². The molecule has 4 heterocycles. The number of likely N-dealkylation sites (tertiary alicyclic amines) is 2. The zero-order chi connectivity index (χ0) is 20.7. The molecule has 2 amide bonds. The minimum absolute atomic E-state index is 0.108. The summed E-state index contributed by atoms with van der Waals surface area (Å²) in [5, 5.41) is 0. The van der Waals surface area contributed by atoms with Crippen LogP contribution >= 0.6 is 11.3 Å². The number of ether oxygens (including phenoxy) is 1. The van der Waals surface area contributed by atoms with Gasteiger partial charge in [-0.3, -0.25) is 9.59 Å². The Morgan fingerprint density at radius 2 is 2.00 bits per heavy atom. The van der Waals surface area contributed by atoms with E-state index in [0.29, 0.717) is 32.6 Å². The molecule has 1 unspecified atom stereocenters. The molecule has 0 bridgehead atoms. The van der Waals surface area contributed by atoms with E-state index in [9.17, 15) is 9.59 Å². The zero-order valence-electron chi connectivity index (χ0n) is 17.4. The van der Waals surface area contributed by atoms with Gasteiger partial charge in [0.25, 0.3) is 0 Å². The fraction of sp³-hybridized carbons (Fsp3) is 0.500. The molecular formula is C24H28N2O3S. The highest BCUT2D eigenvalue weighted by molar-refractivity contribution is 7.15. The quantitative estimate of drug-likeness (QED) is 0.755. The van der Waals surface area contributed by atoms with Crippen molar-refractivity contribution in [2.75, 3.05) is 32.8 Å². The van der Waals surface area contributed by atoms with E-state index in [2.05, 4.69) is 30.3 Å². The summed E-state index contributed by atoms with van der Waals surface area (Å²) in [4.78, 5) is 31.5. The summed E-state index contributed by atoms with van der Waals surface area (Å²) in [7, 11) is 0. The lowest BCUT2D eigenvalue weighted by molar-refractivity contribution is -0.144. The number of nitrogens with zero attached hydrogens (tertiary/aromatic N) is 2. The molecule has 3 aliphatic rings. The fourth-order valence-corrected chi connectivity index (χ4v) is 6.40. The molecule has 6 heteroatoms. The summed E-state index contributed by atoms with van der Waals surface area (Å²) in [6.45, 7) is 5.37. The molecule has 2 saturated heterocycles. The number of carbonyl (C=O) groups is 2. The van der Waals surface area contributed by atoms with E-state index in [1.165, 1.54) is 20.9 Å². The summed E-state index contributed by atoms with van der Waals surface area (Å²) >= 11 is 1.88. The molecule has 30 heavy (non-hydrogen) atoms. The average molecular weight is 425 g/mol. The molecule has 0 N–H and O–H groups in total. The number of rotatable bonds is 3. The van der Waals surface area contributed by atoms with Crippen LogP contribution < -0.4 is 0 Å². The van der Waals surface area contributed by atoms with Gasteiger partial charge in [0.05, 0.1) is 18.1 Å². The molecule has 2 aromatic rings. The van der Waals surface area contributed by atoms with Crippen molar-refractivity contribution >= 4 is 23.2 Å². The maximum absolute atomic E-state index is 13.0. The van der Waals surface area contributed by atoms with Gasteiger partial charge in [-0.05, 0) is 37.0 Å². The minimum atomic E-state index is -0.269. The maximum atomic E-state index is 13.0. The van der Waals surface area contributed by atoms with Crippen molar-refractivity contribution in [2.45, 2.75) is 38.2 Å². The number of benzene rings is 1. The van der Waals surface area contributed by atoms with Crippen LogP contribution in [0.1, 0.15) is 36.6 Å². The fourth-order valence-electron chi connectivity index (χ4n) is 5.16. The van der Waals surface area contributed by atoms with E-state index in [4.69, 9.17) is 4.74 Å². The topological polar surface area (TPSA) is 49.9 Å². The van der Waals surface area contributed by atoms with Gasteiger partial charge in [0.15, 0.2) is 0 Å². The van der Waals surface area contributed by atoms with Gasteiger partial charge >= 0.3 is 0 Å². The van der Waals surface area contributed by atoms with Crippen molar-refractivity contribution in [1.29, 1.82) is 0 Å². The Morgan fingerprint density at radius 3 is 2.70 bits per heavy atom. The van der Waals surface area contributed by atoms with Gasteiger partial charge in [0, 0.05) is 48.8 Å². The standard InChI is InChI=1S/C24H28N2O3S/c1-2-25-16-18(14-22(25)27)23(28)26-11-9-24(10-12-26)19-15-21(17-6-4-3-5-7-17)30-20(19)8-13-29-24/h3-7,15,18H,2,8-14,16H2,1H3. The van der Waals surface area contributed by atoms with E-state index < -0.39 is 0 Å². The van der Waals surface area contributed by atoms with Crippen LogP contribution in [0.15, 0.2) is 36.4 Å². The number of amides is 2. The first-order valence-corrected chi connectivity index (χ1v) is 11.8. The molecule has 1 atom stereocenters. The molecule has 3 aliphatic heterocycles. The molecule has 0 radical (unpaired) electrons. The van der Waals surface area contributed by atoms with Crippen LogP contribution in [0.5, 0.6) is 0 Å². The molecule has 1 spiro atoms. The third-order valence-corrected chi connectivity index (χ3v) is 8.14. The van der Waals surface area contributed by atoms with Gasteiger partial charge in [-0.1, -0.05) is 30.3 Å². The van der Waals surface area contributed by atoms with Crippen molar-refractivity contribution in [2.24, 2.45) is 5.92 Å².